The third kappa shape index (κ3) is 3.56. The molecule has 3 atom stereocenters. The molecule has 1 saturated heterocycles. The summed E-state index contributed by atoms with van der Waals surface area (Å²) in [6.07, 6.45) is 1.18. The fraction of sp³-hybridized carbons (Fsp3) is 0.348. The minimum absolute atomic E-state index is 0.0949. The number of nitrogens with one attached hydrogen (secondary N) is 1. The molecule has 2 aromatic carbocycles. The molecule has 5 rings (SSSR count). The lowest BCUT2D eigenvalue weighted by molar-refractivity contribution is 0.0954. The highest BCUT2D eigenvalue weighted by molar-refractivity contribution is 7.21. The summed E-state index contributed by atoms with van der Waals surface area (Å²) < 4.78 is 14.2. The van der Waals surface area contributed by atoms with Crippen LogP contribution in [0.5, 0.6) is 0 Å². The molecule has 29 heavy (non-hydrogen) atoms. The highest BCUT2D eigenvalue weighted by Crippen LogP contribution is 2.51. The first-order chi connectivity index (χ1) is 14.1. The Labute approximate surface area is 178 Å². The Morgan fingerprint density at radius 1 is 1.17 bits per heavy atom. The molecule has 0 spiro atoms. The van der Waals surface area contributed by atoms with Crippen LogP contribution < -0.4 is 5.32 Å². The molecule has 6 heteroatoms. The van der Waals surface area contributed by atoms with Crippen LogP contribution in [0.3, 0.4) is 0 Å². The number of halogens is 2. The molecular formula is C23H22ClFN2OS. The Morgan fingerprint density at radius 3 is 2.76 bits per heavy atom. The van der Waals surface area contributed by atoms with Gasteiger partial charge in [-0.15, -0.1) is 11.3 Å². The molecule has 2 fully saturated rings. The standard InChI is InChI=1S/C23H22ClFN2OS/c24-21-17-3-1-2-4-20(17)29-22(21)23(28)26-9-10-27-12-15-11-18(19(15)13-27)14-5-7-16(25)8-6-14/h1-8,15,18-19H,9-13H2,(H,26,28). The van der Waals surface area contributed by atoms with Gasteiger partial charge in [-0.1, -0.05) is 41.9 Å². The van der Waals surface area contributed by atoms with Crippen molar-refractivity contribution in [2.75, 3.05) is 26.2 Å². The van der Waals surface area contributed by atoms with E-state index < -0.39 is 0 Å². The summed E-state index contributed by atoms with van der Waals surface area (Å²) >= 11 is 7.84. The first kappa shape index (κ1) is 19.0. The molecule has 0 bridgehead atoms. The van der Waals surface area contributed by atoms with Crippen molar-refractivity contribution in [1.82, 2.24) is 10.2 Å². The number of likely N-dealkylation sites (tertiary alicyclic amines) is 1. The molecule has 3 aromatic rings. The molecular weight excluding hydrogens is 407 g/mol. The Kier molecular flexibility index (Phi) is 5.06. The van der Waals surface area contributed by atoms with Crippen molar-refractivity contribution in [2.45, 2.75) is 12.3 Å². The molecule has 0 radical (unpaired) electrons. The second-order valence-corrected chi connectivity index (χ2v) is 9.50. The largest absolute Gasteiger partial charge is 0.350 e. The number of rotatable bonds is 5. The van der Waals surface area contributed by atoms with Gasteiger partial charge in [0.2, 0.25) is 0 Å². The van der Waals surface area contributed by atoms with E-state index in [2.05, 4.69) is 10.2 Å². The predicted octanol–water partition coefficient (Wildman–Crippen LogP) is 5.16. The molecule has 2 heterocycles. The van der Waals surface area contributed by atoms with Crippen molar-refractivity contribution in [2.24, 2.45) is 11.8 Å². The van der Waals surface area contributed by atoms with E-state index in [1.807, 2.05) is 36.4 Å². The highest BCUT2D eigenvalue weighted by atomic mass is 35.5. The first-order valence-corrected chi connectivity index (χ1v) is 11.2. The van der Waals surface area contributed by atoms with Crippen LogP contribution in [-0.4, -0.2) is 37.0 Å². The van der Waals surface area contributed by atoms with Crippen molar-refractivity contribution in [3.63, 3.8) is 0 Å². The van der Waals surface area contributed by atoms with Crippen molar-refractivity contribution < 1.29 is 9.18 Å². The lowest BCUT2D eigenvalue weighted by Crippen LogP contribution is -2.34. The molecule has 3 nitrogen and oxygen atoms in total. The van der Waals surface area contributed by atoms with Crippen LogP contribution in [-0.2, 0) is 0 Å². The zero-order chi connectivity index (χ0) is 20.0. The maximum atomic E-state index is 13.2. The fourth-order valence-electron chi connectivity index (χ4n) is 4.84. The van der Waals surface area contributed by atoms with E-state index in [0.717, 1.165) is 35.6 Å². The van der Waals surface area contributed by atoms with Gasteiger partial charge in [-0.25, -0.2) is 4.39 Å². The molecule has 3 unspecified atom stereocenters. The van der Waals surface area contributed by atoms with Gasteiger partial charge in [0.15, 0.2) is 0 Å². The number of carbonyl (C=O) groups excluding carboxylic acids is 1. The molecule has 150 valence electrons. The van der Waals surface area contributed by atoms with Crippen molar-refractivity contribution in [3.8, 4) is 0 Å². The monoisotopic (exact) mass is 428 g/mol. The second kappa shape index (κ2) is 7.71. The molecule has 1 amide bonds. The normalized spacial score (nSPS) is 23.7. The van der Waals surface area contributed by atoms with E-state index in [1.165, 1.54) is 23.3 Å². The maximum Gasteiger partial charge on any atom is 0.262 e. The highest BCUT2D eigenvalue weighted by Gasteiger charge is 2.47. The Hall–Kier alpha value is -1.95. The molecule has 1 aliphatic carbocycles. The molecule has 1 N–H and O–H groups in total. The van der Waals surface area contributed by atoms with Gasteiger partial charge in [0.25, 0.3) is 5.91 Å². The maximum absolute atomic E-state index is 13.2. The van der Waals surface area contributed by atoms with Gasteiger partial charge in [-0.3, -0.25) is 4.79 Å². The van der Waals surface area contributed by atoms with Gasteiger partial charge in [-0.05, 0) is 47.9 Å². The third-order valence-electron chi connectivity index (χ3n) is 6.39. The van der Waals surface area contributed by atoms with E-state index >= 15 is 0 Å². The molecule has 2 aliphatic rings. The van der Waals surface area contributed by atoms with Crippen LogP contribution in [0.4, 0.5) is 4.39 Å². The summed E-state index contributed by atoms with van der Waals surface area (Å²) in [7, 11) is 0. The lowest BCUT2D eigenvalue weighted by atomic mass is 9.64. The van der Waals surface area contributed by atoms with Gasteiger partial charge in [-0.2, -0.15) is 0 Å². The summed E-state index contributed by atoms with van der Waals surface area (Å²) in [5.41, 5.74) is 1.25. The van der Waals surface area contributed by atoms with Crippen LogP contribution in [0.2, 0.25) is 5.02 Å². The summed E-state index contributed by atoms with van der Waals surface area (Å²) in [6, 6.07) is 14.8. The van der Waals surface area contributed by atoms with Crippen molar-refractivity contribution in [3.05, 3.63) is 69.8 Å². The van der Waals surface area contributed by atoms with E-state index in [-0.39, 0.29) is 11.7 Å². The minimum atomic E-state index is -0.174. The zero-order valence-corrected chi connectivity index (χ0v) is 17.5. The van der Waals surface area contributed by atoms with E-state index in [9.17, 15) is 9.18 Å². The van der Waals surface area contributed by atoms with Gasteiger partial charge in [0, 0.05) is 36.3 Å². The molecule has 1 saturated carbocycles. The third-order valence-corrected chi connectivity index (χ3v) is 8.07. The van der Waals surface area contributed by atoms with E-state index in [0.29, 0.717) is 28.3 Å². The Morgan fingerprint density at radius 2 is 1.97 bits per heavy atom. The first-order valence-electron chi connectivity index (χ1n) is 10.0. The van der Waals surface area contributed by atoms with Crippen LogP contribution in [0.1, 0.15) is 27.6 Å². The summed E-state index contributed by atoms with van der Waals surface area (Å²) in [5, 5.41) is 4.51. The quantitative estimate of drug-likeness (QED) is 0.608. The smallest absolute Gasteiger partial charge is 0.262 e. The van der Waals surface area contributed by atoms with Crippen LogP contribution in [0.25, 0.3) is 10.1 Å². The van der Waals surface area contributed by atoms with E-state index in [4.69, 9.17) is 11.6 Å². The molecule has 1 aromatic heterocycles. The molecule has 1 aliphatic heterocycles. The number of benzene rings is 2. The average molecular weight is 429 g/mol. The van der Waals surface area contributed by atoms with Crippen LogP contribution in [0, 0.1) is 17.7 Å². The van der Waals surface area contributed by atoms with Crippen molar-refractivity contribution in [1.29, 1.82) is 0 Å². The van der Waals surface area contributed by atoms with E-state index in [1.54, 1.807) is 12.1 Å². The van der Waals surface area contributed by atoms with Gasteiger partial charge in [0.1, 0.15) is 10.7 Å². The van der Waals surface area contributed by atoms with Crippen molar-refractivity contribution >= 4 is 38.9 Å². The minimum Gasteiger partial charge on any atom is -0.350 e. The summed E-state index contributed by atoms with van der Waals surface area (Å²) in [4.78, 5) is 15.6. The van der Waals surface area contributed by atoms with Gasteiger partial charge < -0.3 is 10.2 Å². The lowest BCUT2D eigenvalue weighted by Gasteiger charge is -2.40. The number of carbonyl (C=O) groups is 1. The van der Waals surface area contributed by atoms with Gasteiger partial charge >= 0.3 is 0 Å². The average Bonchev–Trinajstić information content (AvgIpc) is 3.22. The van der Waals surface area contributed by atoms with Crippen LogP contribution >= 0.6 is 22.9 Å². The van der Waals surface area contributed by atoms with Crippen LogP contribution in [0.15, 0.2) is 48.5 Å². The number of hydrogen-bond acceptors (Lipinski definition) is 3. The zero-order valence-electron chi connectivity index (χ0n) is 15.9. The number of amides is 1. The number of hydrogen-bond donors (Lipinski definition) is 1. The fourth-order valence-corrected chi connectivity index (χ4v) is 6.28. The number of fused-ring (bicyclic) bond motifs is 2. The van der Waals surface area contributed by atoms with Gasteiger partial charge in [0.05, 0.1) is 5.02 Å². The predicted molar refractivity (Wildman–Crippen MR) is 116 cm³/mol. The Bertz CT molecular complexity index is 1050. The topological polar surface area (TPSA) is 32.3 Å². The SMILES string of the molecule is O=C(NCCN1CC2CC(c3ccc(F)cc3)C2C1)c1sc2ccccc2c1Cl. The number of thiophene rings is 1. The Balaban J connectivity index is 1.14. The summed E-state index contributed by atoms with van der Waals surface area (Å²) in [5.74, 6) is 1.64. The number of nitrogens with zero attached hydrogens (tertiary/aromatic N) is 1. The summed E-state index contributed by atoms with van der Waals surface area (Å²) in [6.45, 7) is 3.59. The second-order valence-electron chi connectivity index (χ2n) is 8.07.